The number of epoxide rings is 1. The smallest absolute Gasteiger partial charge is 0.0936 e. The Labute approximate surface area is 84.1 Å². The quantitative estimate of drug-likeness (QED) is 0.524. The average molecular weight is 212 g/mol. The van der Waals surface area contributed by atoms with Gasteiger partial charge in [0, 0.05) is 18.0 Å². The maximum Gasteiger partial charge on any atom is 0.0936 e. The lowest BCUT2D eigenvalue weighted by Crippen LogP contribution is -2.17. The molecular formula is C8H15Cl2NO. The molecule has 1 heterocycles. The third kappa shape index (κ3) is 10.2. The highest BCUT2D eigenvalue weighted by atomic mass is 35.5. The fraction of sp³-hybridized carbons (Fsp3) is 0.750. The third-order valence-corrected chi connectivity index (χ3v) is 1.51. The van der Waals surface area contributed by atoms with E-state index >= 15 is 0 Å². The predicted octanol–water partition coefficient (Wildman–Crippen LogP) is 1.92. The first-order chi connectivity index (χ1) is 5.70. The SMILES string of the molecule is CN(C)CC1CO1.ClC=CCCl. The first-order valence-electron chi connectivity index (χ1n) is 3.78. The molecule has 1 aliphatic heterocycles. The van der Waals surface area contributed by atoms with E-state index in [1.807, 2.05) is 0 Å². The number of halogens is 2. The molecule has 0 radical (unpaired) electrons. The van der Waals surface area contributed by atoms with Gasteiger partial charge in [-0.25, -0.2) is 0 Å². The van der Waals surface area contributed by atoms with E-state index in [0.29, 0.717) is 12.0 Å². The lowest BCUT2D eigenvalue weighted by atomic mass is 10.5. The van der Waals surface area contributed by atoms with Gasteiger partial charge in [-0.2, -0.15) is 0 Å². The Morgan fingerprint density at radius 3 is 2.25 bits per heavy atom. The van der Waals surface area contributed by atoms with Gasteiger partial charge >= 0.3 is 0 Å². The van der Waals surface area contributed by atoms with Crippen molar-refractivity contribution in [2.45, 2.75) is 6.10 Å². The van der Waals surface area contributed by atoms with E-state index in [1.165, 1.54) is 5.54 Å². The molecule has 0 bridgehead atoms. The molecule has 1 atom stereocenters. The van der Waals surface area contributed by atoms with Crippen molar-refractivity contribution in [3.63, 3.8) is 0 Å². The van der Waals surface area contributed by atoms with Crippen molar-refractivity contribution in [1.82, 2.24) is 4.90 Å². The number of ether oxygens (including phenoxy) is 1. The van der Waals surface area contributed by atoms with Crippen molar-refractivity contribution < 1.29 is 4.74 Å². The second kappa shape index (κ2) is 7.87. The van der Waals surface area contributed by atoms with E-state index in [2.05, 4.69) is 19.0 Å². The number of hydrogen-bond acceptors (Lipinski definition) is 2. The summed E-state index contributed by atoms with van der Waals surface area (Å²) in [5.74, 6) is 0.503. The minimum Gasteiger partial charge on any atom is -0.372 e. The van der Waals surface area contributed by atoms with Crippen molar-refractivity contribution in [2.75, 3.05) is 33.1 Å². The highest BCUT2D eigenvalue weighted by Crippen LogP contribution is 2.07. The molecule has 1 saturated heterocycles. The minimum atomic E-state index is 0.503. The molecule has 72 valence electrons. The number of allylic oxidation sites excluding steroid dienone is 1. The Kier molecular flexibility index (Phi) is 8.02. The number of hydrogen-bond donors (Lipinski definition) is 0. The summed E-state index contributed by atoms with van der Waals surface area (Å²) in [5.41, 5.74) is 1.40. The minimum absolute atomic E-state index is 0.503. The van der Waals surface area contributed by atoms with E-state index in [0.717, 1.165) is 13.2 Å². The van der Waals surface area contributed by atoms with Crippen LogP contribution in [0.5, 0.6) is 0 Å². The first kappa shape index (κ1) is 12.2. The molecule has 1 aliphatic rings. The van der Waals surface area contributed by atoms with Crippen LogP contribution in [-0.2, 0) is 4.74 Å². The summed E-state index contributed by atoms with van der Waals surface area (Å²) in [6.07, 6.45) is 2.21. The Hall–Kier alpha value is 0.240. The molecule has 0 aromatic carbocycles. The van der Waals surface area contributed by atoms with Gasteiger partial charge in [0.2, 0.25) is 0 Å². The van der Waals surface area contributed by atoms with Gasteiger partial charge < -0.3 is 9.64 Å². The second-order valence-corrected chi connectivity index (χ2v) is 3.29. The van der Waals surface area contributed by atoms with Crippen molar-refractivity contribution >= 4 is 23.2 Å². The fourth-order valence-corrected chi connectivity index (χ4v) is 0.884. The molecule has 0 spiro atoms. The van der Waals surface area contributed by atoms with Gasteiger partial charge in [0.05, 0.1) is 12.7 Å². The molecule has 0 aromatic heterocycles. The third-order valence-electron chi connectivity index (χ3n) is 1.15. The lowest BCUT2D eigenvalue weighted by Gasteiger charge is -2.03. The van der Waals surface area contributed by atoms with Gasteiger partial charge in [-0.1, -0.05) is 17.7 Å². The van der Waals surface area contributed by atoms with Gasteiger partial charge in [0.15, 0.2) is 0 Å². The Morgan fingerprint density at radius 2 is 2.17 bits per heavy atom. The van der Waals surface area contributed by atoms with Crippen molar-refractivity contribution in [3.8, 4) is 0 Å². The maximum absolute atomic E-state index is 5.13. The van der Waals surface area contributed by atoms with Crippen molar-refractivity contribution in [3.05, 3.63) is 11.6 Å². The lowest BCUT2D eigenvalue weighted by molar-refractivity contribution is 0.323. The molecule has 0 amide bonds. The van der Waals surface area contributed by atoms with Crippen LogP contribution in [0.2, 0.25) is 0 Å². The molecule has 1 unspecified atom stereocenters. The fourth-order valence-electron chi connectivity index (χ4n) is 0.614. The highest BCUT2D eigenvalue weighted by Gasteiger charge is 2.22. The van der Waals surface area contributed by atoms with Crippen LogP contribution in [-0.4, -0.2) is 44.1 Å². The van der Waals surface area contributed by atoms with Crippen LogP contribution in [0.25, 0.3) is 0 Å². The summed E-state index contributed by atoms with van der Waals surface area (Å²) in [6.45, 7) is 2.05. The zero-order valence-corrected chi connectivity index (χ0v) is 8.98. The largest absolute Gasteiger partial charge is 0.372 e. The van der Waals surface area contributed by atoms with Crippen LogP contribution in [0.4, 0.5) is 0 Å². The summed E-state index contributed by atoms with van der Waals surface area (Å²) in [7, 11) is 4.11. The molecule has 2 nitrogen and oxygen atoms in total. The molecule has 12 heavy (non-hydrogen) atoms. The zero-order valence-electron chi connectivity index (χ0n) is 7.46. The van der Waals surface area contributed by atoms with E-state index in [-0.39, 0.29) is 0 Å². The van der Waals surface area contributed by atoms with Crippen LogP contribution in [0.1, 0.15) is 0 Å². The topological polar surface area (TPSA) is 15.8 Å². The normalized spacial score (nSPS) is 20.9. The van der Waals surface area contributed by atoms with Crippen LogP contribution in [0.15, 0.2) is 11.6 Å². The van der Waals surface area contributed by atoms with Crippen molar-refractivity contribution in [1.29, 1.82) is 0 Å². The Bertz CT molecular complexity index is 124. The summed E-state index contributed by atoms with van der Waals surface area (Å²) in [6, 6.07) is 0. The number of rotatable bonds is 3. The first-order valence-corrected chi connectivity index (χ1v) is 4.75. The Morgan fingerprint density at radius 1 is 1.58 bits per heavy atom. The van der Waals surface area contributed by atoms with Crippen LogP contribution >= 0.6 is 23.2 Å². The van der Waals surface area contributed by atoms with Crippen LogP contribution < -0.4 is 0 Å². The molecule has 1 fully saturated rings. The maximum atomic E-state index is 5.13. The number of nitrogens with zero attached hydrogens (tertiary/aromatic N) is 1. The van der Waals surface area contributed by atoms with Gasteiger partial charge in [-0.3, -0.25) is 0 Å². The molecule has 0 aliphatic carbocycles. The van der Waals surface area contributed by atoms with Crippen molar-refractivity contribution in [2.24, 2.45) is 0 Å². The van der Waals surface area contributed by atoms with Crippen LogP contribution in [0, 0.1) is 0 Å². The summed E-state index contributed by atoms with van der Waals surface area (Å²) < 4.78 is 4.98. The van der Waals surface area contributed by atoms with Gasteiger partial charge in [-0.05, 0) is 14.1 Å². The molecule has 0 saturated carbocycles. The monoisotopic (exact) mass is 211 g/mol. The van der Waals surface area contributed by atoms with E-state index < -0.39 is 0 Å². The van der Waals surface area contributed by atoms with E-state index in [1.54, 1.807) is 6.08 Å². The predicted molar refractivity (Wildman–Crippen MR) is 54.0 cm³/mol. The van der Waals surface area contributed by atoms with Crippen LogP contribution in [0.3, 0.4) is 0 Å². The average Bonchev–Trinajstić information content (AvgIpc) is 2.73. The van der Waals surface area contributed by atoms with Gasteiger partial charge in [-0.15, -0.1) is 11.6 Å². The van der Waals surface area contributed by atoms with E-state index in [4.69, 9.17) is 27.9 Å². The molecular weight excluding hydrogens is 197 g/mol. The number of alkyl halides is 1. The Balaban J connectivity index is 0.000000217. The molecule has 4 heteroatoms. The van der Waals surface area contributed by atoms with E-state index in [9.17, 15) is 0 Å². The second-order valence-electron chi connectivity index (χ2n) is 2.73. The highest BCUT2D eigenvalue weighted by molar-refractivity contribution is 6.26. The summed E-state index contributed by atoms with van der Waals surface area (Å²) in [4.78, 5) is 2.14. The molecule has 0 aromatic rings. The molecule has 0 N–H and O–H groups in total. The zero-order chi connectivity index (χ0) is 9.40. The number of likely N-dealkylation sites (N-methyl/N-ethyl adjacent to an activating group) is 1. The molecule has 1 rings (SSSR count). The van der Waals surface area contributed by atoms with Gasteiger partial charge in [0.1, 0.15) is 0 Å². The van der Waals surface area contributed by atoms with Gasteiger partial charge in [0.25, 0.3) is 0 Å². The summed E-state index contributed by atoms with van der Waals surface area (Å²) in [5, 5.41) is 0. The standard InChI is InChI=1S/C5H11NO.C3H4Cl2/c1-6(2)3-5-4-7-5;4-2-1-3-5/h5H,3-4H2,1-2H3;1-2H,3H2. The summed E-state index contributed by atoms with van der Waals surface area (Å²) >= 11 is 10.2.